The summed E-state index contributed by atoms with van der Waals surface area (Å²) in [5.74, 6) is -1.74. The first-order valence-electron chi connectivity index (χ1n) is 8.24. The van der Waals surface area contributed by atoms with Crippen LogP contribution in [0.1, 0.15) is 35.5 Å². The Bertz CT molecular complexity index is 904. The van der Waals surface area contributed by atoms with Crippen LogP contribution in [-0.2, 0) is 14.8 Å². The molecule has 1 aromatic heterocycles. The Morgan fingerprint density at radius 1 is 1.35 bits per heavy atom. The van der Waals surface area contributed by atoms with E-state index >= 15 is 0 Å². The number of amides is 1. The van der Waals surface area contributed by atoms with E-state index in [0.717, 1.165) is 12.8 Å². The SMILES string of the molecule is Cc1oc(-c2ccccc2F)nc1C(=O)NS(=O)(=O)CC1CCCCO1. The number of carbonyl (C=O) groups is 1. The van der Waals surface area contributed by atoms with Gasteiger partial charge in [0.15, 0.2) is 5.69 Å². The molecule has 140 valence electrons. The Morgan fingerprint density at radius 2 is 2.12 bits per heavy atom. The molecule has 2 aromatic rings. The third-order valence-electron chi connectivity index (χ3n) is 4.04. The van der Waals surface area contributed by atoms with Gasteiger partial charge in [0.2, 0.25) is 15.9 Å². The van der Waals surface area contributed by atoms with Crippen LogP contribution in [0, 0.1) is 12.7 Å². The summed E-state index contributed by atoms with van der Waals surface area (Å²) in [6.07, 6.45) is 2.00. The minimum absolute atomic E-state index is 0.0845. The van der Waals surface area contributed by atoms with Crippen LogP contribution in [0.5, 0.6) is 0 Å². The molecule has 2 heterocycles. The molecule has 1 fully saturated rings. The Hall–Kier alpha value is -2.26. The molecule has 1 atom stereocenters. The summed E-state index contributed by atoms with van der Waals surface area (Å²) in [5.41, 5.74) is -0.107. The predicted molar refractivity (Wildman–Crippen MR) is 91.5 cm³/mol. The monoisotopic (exact) mass is 382 g/mol. The van der Waals surface area contributed by atoms with Gasteiger partial charge in [0.05, 0.1) is 17.4 Å². The second-order valence-corrected chi connectivity index (χ2v) is 7.87. The van der Waals surface area contributed by atoms with Crippen LogP contribution in [0.4, 0.5) is 4.39 Å². The van der Waals surface area contributed by atoms with Crippen molar-refractivity contribution in [3.8, 4) is 11.5 Å². The maximum Gasteiger partial charge on any atom is 0.286 e. The maximum absolute atomic E-state index is 13.8. The van der Waals surface area contributed by atoms with E-state index in [1.807, 2.05) is 4.72 Å². The zero-order valence-corrected chi connectivity index (χ0v) is 15.0. The maximum atomic E-state index is 13.8. The number of nitrogens with one attached hydrogen (secondary N) is 1. The van der Waals surface area contributed by atoms with Crippen molar-refractivity contribution in [2.24, 2.45) is 0 Å². The highest BCUT2D eigenvalue weighted by atomic mass is 32.2. The number of carbonyl (C=O) groups excluding carboxylic acids is 1. The summed E-state index contributed by atoms with van der Waals surface area (Å²) in [7, 11) is -3.89. The molecule has 0 bridgehead atoms. The van der Waals surface area contributed by atoms with Crippen molar-refractivity contribution in [1.82, 2.24) is 9.71 Å². The molecule has 1 aromatic carbocycles. The Labute approximate surface area is 150 Å². The number of aromatic nitrogens is 1. The van der Waals surface area contributed by atoms with Crippen molar-refractivity contribution >= 4 is 15.9 Å². The lowest BCUT2D eigenvalue weighted by Gasteiger charge is -2.22. The van der Waals surface area contributed by atoms with E-state index < -0.39 is 27.9 Å². The second kappa shape index (κ2) is 7.55. The fraction of sp³-hybridized carbons (Fsp3) is 0.412. The number of hydrogen-bond donors (Lipinski definition) is 1. The summed E-state index contributed by atoms with van der Waals surface area (Å²) in [5, 5.41) is 0. The van der Waals surface area contributed by atoms with Gasteiger partial charge in [-0.05, 0) is 38.3 Å². The van der Waals surface area contributed by atoms with Crippen LogP contribution in [0.3, 0.4) is 0 Å². The number of rotatable bonds is 5. The lowest BCUT2D eigenvalue weighted by molar-refractivity contribution is 0.0304. The summed E-state index contributed by atoms with van der Waals surface area (Å²) in [4.78, 5) is 16.3. The summed E-state index contributed by atoms with van der Waals surface area (Å²) in [6, 6.07) is 5.82. The molecule has 1 aliphatic rings. The van der Waals surface area contributed by atoms with Crippen LogP contribution in [0.25, 0.3) is 11.5 Å². The first-order valence-corrected chi connectivity index (χ1v) is 9.90. The van der Waals surface area contributed by atoms with Crippen molar-refractivity contribution in [1.29, 1.82) is 0 Å². The number of oxazole rings is 1. The van der Waals surface area contributed by atoms with Gasteiger partial charge < -0.3 is 9.15 Å². The fourth-order valence-corrected chi connectivity index (χ4v) is 3.99. The van der Waals surface area contributed by atoms with Crippen LogP contribution in [0.2, 0.25) is 0 Å². The highest BCUT2D eigenvalue weighted by molar-refractivity contribution is 7.90. The predicted octanol–water partition coefficient (Wildman–Crippen LogP) is 2.42. The molecule has 0 aliphatic carbocycles. The number of aryl methyl sites for hydroxylation is 1. The van der Waals surface area contributed by atoms with Gasteiger partial charge in [-0.25, -0.2) is 22.5 Å². The molecule has 1 amide bonds. The van der Waals surface area contributed by atoms with Gasteiger partial charge in [0.1, 0.15) is 11.6 Å². The van der Waals surface area contributed by atoms with Gasteiger partial charge >= 0.3 is 0 Å². The van der Waals surface area contributed by atoms with Gasteiger partial charge in [0.25, 0.3) is 5.91 Å². The zero-order chi connectivity index (χ0) is 18.7. The third-order valence-corrected chi connectivity index (χ3v) is 5.35. The van der Waals surface area contributed by atoms with Crippen LogP contribution in [0.15, 0.2) is 28.7 Å². The molecule has 1 N–H and O–H groups in total. The van der Waals surface area contributed by atoms with E-state index in [2.05, 4.69) is 4.98 Å². The van der Waals surface area contributed by atoms with Gasteiger partial charge in [-0.15, -0.1) is 0 Å². The summed E-state index contributed by atoms with van der Waals surface area (Å²) in [6.45, 7) is 1.98. The highest BCUT2D eigenvalue weighted by Gasteiger charge is 2.27. The Balaban J connectivity index is 1.74. The van der Waals surface area contributed by atoms with E-state index in [9.17, 15) is 17.6 Å². The van der Waals surface area contributed by atoms with E-state index in [1.54, 1.807) is 6.07 Å². The zero-order valence-electron chi connectivity index (χ0n) is 14.2. The largest absolute Gasteiger partial charge is 0.440 e. The Morgan fingerprint density at radius 3 is 2.81 bits per heavy atom. The second-order valence-electron chi connectivity index (χ2n) is 6.10. The molecular weight excluding hydrogens is 363 g/mol. The first-order chi connectivity index (χ1) is 12.4. The number of ether oxygens (including phenoxy) is 1. The molecule has 9 heteroatoms. The average molecular weight is 382 g/mol. The summed E-state index contributed by atoms with van der Waals surface area (Å²) >= 11 is 0. The van der Waals surface area contributed by atoms with Crippen molar-refractivity contribution in [2.45, 2.75) is 32.3 Å². The standard InChI is InChI=1S/C17H19FN2O5S/c1-11-15(19-17(25-11)13-7-2-3-8-14(13)18)16(21)20-26(22,23)10-12-6-4-5-9-24-12/h2-3,7-8,12H,4-6,9-10H2,1H3,(H,20,21). The molecule has 1 aliphatic heterocycles. The van der Waals surface area contributed by atoms with Crippen LogP contribution >= 0.6 is 0 Å². The number of benzene rings is 1. The quantitative estimate of drug-likeness (QED) is 0.853. The molecule has 0 spiro atoms. The van der Waals surface area contributed by atoms with Crippen molar-refractivity contribution in [3.63, 3.8) is 0 Å². The fourth-order valence-electron chi connectivity index (χ4n) is 2.77. The number of nitrogens with zero attached hydrogens (tertiary/aromatic N) is 1. The highest BCUT2D eigenvalue weighted by Crippen LogP contribution is 2.24. The van der Waals surface area contributed by atoms with Crippen molar-refractivity contribution in [3.05, 3.63) is 41.5 Å². The van der Waals surface area contributed by atoms with E-state index in [-0.39, 0.29) is 28.7 Å². The van der Waals surface area contributed by atoms with Crippen molar-refractivity contribution in [2.75, 3.05) is 12.4 Å². The van der Waals surface area contributed by atoms with Gasteiger partial charge in [-0.2, -0.15) is 0 Å². The molecule has 7 nitrogen and oxygen atoms in total. The smallest absolute Gasteiger partial charge is 0.286 e. The normalized spacial score (nSPS) is 17.8. The van der Waals surface area contributed by atoms with Gasteiger partial charge in [-0.3, -0.25) is 4.79 Å². The van der Waals surface area contributed by atoms with Gasteiger partial charge in [0, 0.05) is 6.61 Å². The van der Waals surface area contributed by atoms with Crippen LogP contribution < -0.4 is 4.72 Å². The molecule has 26 heavy (non-hydrogen) atoms. The molecule has 3 rings (SSSR count). The van der Waals surface area contributed by atoms with Crippen LogP contribution in [-0.4, -0.2) is 37.8 Å². The molecule has 1 unspecified atom stereocenters. The molecule has 1 saturated heterocycles. The van der Waals surface area contributed by atoms with Crippen molar-refractivity contribution < 1.29 is 26.8 Å². The number of sulfonamides is 1. The minimum Gasteiger partial charge on any atom is -0.440 e. The molecule has 0 saturated carbocycles. The van der Waals surface area contributed by atoms with E-state index in [4.69, 9.17) is 9.15 Å². The first kappa shape index (κ1) is 18.5. The molecule has 0 radical (unpaired) electrons. The van der Waals surface area contributed by atoms with E-state index in [0.29, 0.717) is 13.0 Å². The Kier molecular flexibility index (Phi) is 5.38. The average Bonchev–Trinajstić information content (AvgIpc) is 2.97. The third kappa shape index (κ3) is 4.28. The van der Waals surface area contributed by atoms with Gasteiger partial charge in [-0.1, -0.05) is 12.1 Å². The lowest BCUT2D eigenvalue weighted by atomic mass is 10.1. The lowest BCUT2D eigenvalue weighted by Crippen LogP contribution is -2.38. The van der Waals surface area contributed by atoms with E-state index in [1.165, 1.54) is 25.1 Å². The summed E-state index contributed by atoms with van der Waals surface area (Å²) < 4.78 is 50.9. The molecular formula is C17H19FN2O5S. The topological polar surface area (TPSA) is 98.5 Å². The number of hydrogen-bond acceptors (Lipinski definition) is 6. The number of halogens is 1. The minimum atomic E-state index is -3.89.